The van der Waals surface area contributed by atoms with Crippen LogP contribution in [0.2, 0.25) is 0 Å². The van der Waals surface area contributed by atoms with Crippen LogP contribution in [0.25, 0.3) is 0 Å². The first-order chi connectivity index (χ1) is 17.1. The van der Waals surface area contributed by atoms with Crippen LogP contribution in [-0.4, -0.2) is 49.8 Å². The molecule has 0 spiro atoms. The highest BCUT2D eigenvalue weighted by molar-refractivity contribution is 7.93. The number of aryl methyl sites for hydroxylation is 1. The van der Waals surface area contributed by atoms with E-state index in [1.54, 1.807) is 0 Å². The molecule has 10 nitrogen and oxygen atoms in total. The van der Waals surface area contributed by atoms with Crippen molar-refractivity contribution in [1.82, 2.24) is 14.5 Å². The van der Waals surface area contributed by atoms with E-state index in [0.717, 1.165) is 35.6 Å². The number of sulfonamides is 2. The lowest BCUT2D eigenvalue weighted by molar-refractivity contribution is 0.102. The van der Waals surface area contributed by atoms with Crippen molar-refractivity contribution in [2.45, 2.75) is 55.4 Å². The quantitative estimate of drug-likeness (QED) is 0.437. The molecule has 0 radical (unpaired) electrons. The minimum Gasteiger partial charge on any atom is -0.322 e. The summed E-state index contributed by atoms with van der Waals surface area (Å²) in [5.41, 5.74) is 0.670. The van der Waals surface area contributed by atoms with Crippen molar-refractivity contribution in [3.8, 4) is 0 Å². The van der Waals surface area contributed by atoms with E-state index in [0.29, 0.717) is 18.7 Å². The number of rotatable bonds is 8. The number of carbonyl (C=O) groups excluding carboxylic acids is 1. The molecule has 3 aromatic rings. The molecule has 0 aliphatic carbocycles. The Morgan fingerprint density at radius 1 is 1.00 bits per heavy atom. The van der Waals surface area contributed by atoms with Gasteiger partial charge in [-0.05, 0) is 74.7 Å². The van der Waals surface area contributed by atoms with E-state index in [2.05, 4.69) is 20.2 Å². The van der Waals surface area contributed by atoms with Crippen molar-refractivity contribution < 1.29 is 21.6 Å². The molecule has 13 heteroatoms. The zero-order valence-corrected chi connectivity index (χ0v) is 22.3. The molecule has 1 aromatic heterocycles. The zero-order valence-electron chi connectivity index (χ0n) is 19.8. The van der Waals surface area contributed by atoms with Crippen molar-refractivity contribution >= 4 is 48.1 Å². The summed E-state index contributed by atoms with van der Waals surface area (Å²) >= 11 is 1.16. The van der Waals surface area contributed by atoms with Gasteiger partial charge >= 0.3 is 0 Å². The summed E-state index contributed by atoms with van der Waals surface area (Å²) < 4.78 is 55.1. The van der Waals surface area contributed by atoms with Gasteiger partial charge in [-0.3, -0.25) is 9.52 Å². The Labute approximate surface area is 214 Å². The summed E-state index contributed by atoms with van der Waals surface area (Å²) in [6.07, 6.45) is 3.34. The molecular formula is C23H27N5O5S3. The molecule has 2 N–H and O–H groups in total. The van der Waals surface area contributed by atoms with Gasteiger partial charge in [-0.2, -0.15) is 4.31 Å². The summed E-state index contributed by atoms with van der Waals surface area (Å²) in [7, 11) is -7.48. The number of hydrogen-bond acceptors (Lipinski definition) is 8. The number of benzene rings is 2. The number of amides is 1. The highest BCUT2D eigenvalue weighted by atomic mass is 32.2. The maximum Gasteiger partial charge on any atom is 0.263 e. The van der Waals surface area contributed by atoms with Gasteiger partial charge < -0.3 is 5.32 Å². The van der Waals surface area contributed by atoms with Crippen molar-refractivity contribution in [1.29, 1.82) is 0 Å². The highest BCUT2D eigenvalue weighted by Gasteiger charge is 2.31. The van der Waals surface area contributed by atoms with Crippen LogP contribution in [0.3, 0.4) is 0 Å². The smallest absolute Gasteiger partial charge is 0.263 e. The van der Waals surface area contributed by atoms with Crippen LogP contribution in [0.4, 0.5) is 10.8 Å². The van der Waals surface area contributed by atoms with Gasteiger partial charge in [-0.15, -0.1) is 10.2 Å². The Hall–Kier alpha value is -2.87. The molecule has 0 bridgehead atoms. The SMILES string of the molecule is CCc1nnc(NS(=O)(=O)c2ccc(NC(=O)c3ccc(S(=O)(=O)N4CCCCC4C)cc3)cc2)s1. The van der Waals surface area contributed by atoms with E-state index in [1.807, 2.05) is 13.8 Å². The Morgan fingerprint density at radius 3 is 2.28 bits per heavy atom. The molecule has 1 aliphatic rings. The molecule has 1 aliphatic heterocycles. The van der Waals surface area contributed by atoms with Crippen LogP contribution < -0.4 is 10.0 Å². The molecule has 4 rings (SSSR count). The lowest BCUT2D eigenvalue weighted by atomic mass is 10.1. The van der Waals surface area contributed by atoms with Crippen LogP contribution in [0.1, 0.15) is 48.5 Å². The van der Waals surface area contributed by atoms with Gasteiger partial charge in [0.2, 0.25) is 15.2 Å². The average molecular weight is 550 g/mol. The monoisotopic (exact) mass is 549 g/mol. The Morgan fingerprint density at radius 2 is 1.67 bits per heavy atom. The molecule has 0 saturated carbocycles. The fraction of sp³-hybridized carbons (Fsp3) is 0.348. The van der Waals surface area contributed by atoms with Gasteiger partial charge in [-0.1, -0.05) is 24.7 Å². The van der Waals surface area contributed by atoms with Crippen molar-refractivity contribution in [3.05, 3.63) is 59.1 Å². The van der Waals surface area contributed by atoms with E-state index < -0.39 is 26.0 Å². The summed E-state index contributed by atoms with van der Waals surface area (Å²) in [4.78, 5) is 12.8. The third kappa shape index (κ3) is 5.75. The van der Waals surface area contributed by atoms with Crippen LogP contribution in [0, 0.1) is 0 Å². The first kappa shape index (κ1) is 26.2. The molecule has 2 heterocycles. The number of aromatic nitrogens is 2. The second-order valence-corrected chi connectivity index (χ2v) is 13.1. The maximum absolute atomic E-state index is 13.0. The molecule has 192 valence electrons. The van der Waals surface area contributed by atoms with Gasteiger partial charge in [-0.25, -0.2) is 16.8 Å². The number of nitrogens with one attached hydrogen (secondary N) is 2. The molecule has 36 heavy (non-hydrogen) atoms. The first-order valence-electron chi connectivity index (χ1n) is 11.5. The second-order valence-electron chi connectivity index (χ2n) is 8.42. The summed E-state index contributed by atoms with van der Waals surface area (Å²) in [6.45, 7) is 4.30. The third-order valence-corrected chi connectivity index (χ3v) is 10.4. The van der Waals surface area contributed by atoms with Crippen molar-refractivity contribution in [2.24, 2.45) is 0 Å². The van der Waals surface area contributed by atoms with Crippen LogP contribution >= 0.6 is 11.3 Å². The minimum absolute atomic E-state index is 0.00949. The first-order valence-corrected chi connectivity index (χ1v) is 15.2. The van der Waals surface area contributed by atoms with Gasteiger partial charge in [0.25, 0.3) is 15.9 Å². The molecule has 1 atom stereocenters. The van der Waals surface area contributed by atoms with Crippen molar-refractivity contribution in [2.75, 3.05) is 16.6 Å². The molecular weight excluding hydrogens is 522 g/mol. The standard InChI is InChI=1S/C23H27N5O5S3/c1-3-21-25-26-23(34-21)27-35(30,31)19-13-9-18(10-14-19)24-22(29)17-7-11-20(12-8-17)36(32,33)28-15-5-4-6-16(28)2/h7-14,16H,3-6,15H2,1-2H3,(H,24,29)(H,26,27). The van der Waals surface area contributed by atoms with E-state index in [4.69, 9.17) is 0 Å². The van der Waals surface area contributed by atoms with Crippen LogP contribution in [-0.2, 0) is 26.5 Å². The second kappa shape index (κ2) is 10.6. The number of anilines is 2. The lowest BCUT2D eigenvalue weighted by Crippen LogP contribution is -2.41. The topological polar surface area (TPSA) is 138 Å². The number of hydrogen-bond donors (Lipinski definition) is 2. The number of piperidine rings is 1. The molecule has 1 amide bonds. The van der Waals surface area contributed by atoms with Crippen molar-refractivity contribution in [3.63, 3.8) is 0 Å². The van der Waals surface area contributed by atoms with E-state index in [1.165, 1.54) is 52.8 Å². The lowest BCUT2D eigenvalue weighted by Gasteiger charge is -2.32. The fourth-order valence-electron chi connectivity index (χ4n) is 3.87. The third-order valence-electron chi connectivity index (χ3n) is 5.88. The largest absolute Gasteiger partial charge is 0.322 e. The summed E-state index contributed by atoms with van der Waals surface area (Å²) in [5.74, 6) is -0.444. The van der Waals surface area contributed by atoms with E-state index >= 15 is 0 Å². The Bertz CT molecular complexity index is 1440. The summed E-state index contributed by atoms with van der Waals surface area (Å²) in [5, 5.41) is 11.3. The Balaban J connectivity index is 1.41. The van der Waals surface area contributed by atoms with Gasteiger partial charge in [0.1, 0.15) is 5.01 Å². The normalized spacial score (nSPS) is 17.0. The van der Waals surface area contributed by atoms with Crippen LogP contribution in [0.5, 0.6) is 0 Å². The van der Waals surface area contributed by atoms with Gasteiger partial charge in [0, 0.05) is 23.8 Å². The minimum atomic E-state index is -3.85. The Kier molecular flexibility index (Phi) is 7.73. The maximum atomic E-state index is 13.0. The molecule has 1 saturated heterocycles. The predicted octanol–water partition coefficient (Wildman–Crippen LogP) is 3.72. The molecule has 1 fully saturated rings. The summed E-state index contributed by atoms with van der Waals surface area (Å²) in [6, 6.07) is 11.4. The zero-order chi connectivity index (χ0) is 25.9. The molecule has 1 unspecified atom stereocenters. The number of nitrogens with zero attached hydrogens (tertiary/aromatic N) is 3. The molecule has 2 aromatic carbocycles. The highest BCUT2D eigenvalue weighted by Crippen LogP contribution is 2.26. The van der Waals surface area contributed by atoms with E-state index in [9.17, 15) is 21.6 Å². The van der Waals surface area contributed by atoms with Crippen LogP contribution in [0.15, 0.2) is 58.3 Å². The van der Waals surface area contributed by atoms with Gasteiger partial charge in [0.05, 0.1) is 9.79 Å². The number of carbonyl (C=O) groups is 1. The average Bonchev–Trinajstić information content (AvgIpc) is 3.31. The predicted molar refractivity (Wildman–Crippen MR) is 138 cm³/mol. The van der Waals surface area contributed by atoms with E-state index in [-0.39, 0.29) is 26.5 Å². The fourth-order valence-corrected chi connectivity index (χ4v) is 7.48. The van der Waals surface area contributed by atoms with Gasteiger partial charge in [0.15, 0.2) is 0 Å².